The van der Waals surface area contributed by atoms with Crippen LogP contribution >= 0.6 is 0 Å². The zero-order chi connectivity index (χ0) is 25.8. The summed E-state index contributed by atoms with van der Waals surface area (Å²) in [4.78, 5) is 39.2. The molecular formula is C21H22F3N7O4. The largest absolute Gasteiger partial charge is 0.490 e. The van der Waals surface area contributed by atoms with Crippen molar-refractivity contribution in [2.24, 2.45) is 11.5 Å². The summed E-state index contributed by atoms with van der Waals surface area (Å²) in [5.41, 5.74) is 15.2. The number of nitrogens with one attached hydrogen (secondary N) is 1. The summed E-state index contributed by atoms with van der Waals surface area (Å²) in [7, 11) is 0. The lowest BCUT2D eigenvalue weighted by Gasteiger charge is -2.28. The van der Waals surface area contributed by atoms with E-state index in [-0.39, 0.29) is 5.91 Å². The molecule has 0 atom stereocenters. The van der Waals surface area contributed by atoms with Crippen molar-refractivity contribution in [1.29, 1.82) is 0 Å². The number of rotatable bonds is 4. The van der Waals surface area contributed by atoms with Gasteiger partial charge in [-0.3, -0.25) is 9.69 Å². The van der Waals surface area contributed by atoms with Crippen molar-refractivity contribution in [3.63, 3.8) is 0 Å². The van der Waals surface area contributed by atoms with E-state index >= 15 is 0 Å². The Labute approximate surface area is 196 Å². The number of nitrogens with zero attached hydrogens (tertiary/aromatic N) is 4. The Morgan fingerprint density at radius 2 is 1.91 bits per heavy atom. The predicted molar refractivity (Wildman–Crippen MR) is 119 cm³/mol. The number of carboxylic acids is 1. The number of aryl methyl sites for hydroxylation is 1. The number of primary amides is 1. The minimum absolute atomic E-state index is 0.324. The van der Waals surface area contributed by atoms with Gasteiger partial charge in [0.1, 0.15) is 5.56 Å². The molecule has 0 radical (unpaired) electrons. The van der Waals surface area contributed by atoms with Crippen LogP contribution in [-0.2, 0) is 17.6 Å². The molecule has 0 fully saturated rings. The molecule has 0 aliphatic carbocycles. The van der Waals surface area contributed by atoms with Gasteiger partial charge < -0.3 is 21.9 Å². The molecule has 0 bridgehead atoms. The summed E-state index contributed by atoms with van der Waals surface area (Å²) in [6.45, 7) is 1.09. The van der Waals surface area contributed by atoms with Crippen LogP contribution in [0.2, 0.25) is 0 Å². The third-order valence-corrected chi connectivity index (χ3v) is 5.06. The second-order valence-corrected chi connectivity index (χ2v) is 7.52. The van der Waals surface area contributed by atoms with Crippen LogP contribution in [0.4, 0.5) is 29.3 Å². The molecular weight excluding hydrogens is 471 g/mol. The standard InChI is InChI=1S/C19H21N7O2.C2HF3O2/c20-6-5-12-9-22-17-15(10-23-26(17)11-12)18(27)24-14-4-3-13-2-1-7-25(19(21)28)16(13)8-14;3-2(4,5)1(6)7/h3-4,8-11H,1-2,5-7,20H2,(H2,21,28)(H,24,27);(H,6,7). The number of anilines is 2. The van der Waals surface area contributed by atoms with Crippen LogP contribution in [0.25, 0.3) is 5.65 Å². The molecule has 1 aliphatic rings. The van der Waals surface area contributed by atoms with Crippen molar-refractivity contribution in [3.8, 4) is 0 Å². The number of carbonyl (C=O) groups is 3. The maximum absolute atomic E-state index is 12.8. The Hall–Kier alpha value is -4.20. The highest BCUT2D eigenvalue weighted by Crippen LogP contribution is 2.30. The molecule has 6 N–H and O–H groups in total. The van der Waals surface area contributed by atoms with Gasteiger partial charge in [-0.15, -0.1) is 0 Å². The highest BCUT2D eigenvalue weighted by atomic mass is 19.4. The van der Waals surface area contributed by atoms with Gasteiger partial charge in [0.25, 0.3) is 5.91 Å². The van der Waals surface area contributed by atoms with E-state index in [1.54, 1.807) is 16.8 Å². The molecule has 3 amide bonds. The third-order valence-electron chi connectivity index (χ3n) is 5.06. The predicted octanol–water partition coefficient (Wildman–Crippen LogP) is 1.95. The number of urea groups is 1. The van der Waals surface area contributed by atoms with Gasteiger partial charge in [-0.1, -0.05) is 6.07 Å². The molecule has 2 aromatic heterocycles. The Bertz CT molecular complexity index is 1260. The molecule has 1 aromatic carbocycles. The third kappa shape index (κ3) is 6.03. The van der Waals surface area contributed by atoms with Crippen molar-refractivity contribution >= 4 is 34.9 Å². The number of amides is 3. The SMILES string of the molecule is NCCc1cnc2c(C(=O)Nc3ccc4c(c3)N(C(N)=O)CCC4)cnn2c1.O=C(O)C(F)(F)F. The molecule has 0 unspecified atom stereocenters. The first-order valence-electron chi connectivity index (χ1n) is 10.3. The fourth-order valence-electron chi connectivity index (χ4n) is 3.45. The van der Waals surface area contributed by atoms with Crippen LogP contribution in [0.15, 0.2) is 36.8 Å². The summed E-state index contributed by atoms with van der Waals surface area (Å²) in [6.07, 6.45) is 2.34. The van der Waals surface area contributed by atoms with Gasteiger partial charge in [0, 0.05) is 24.6 Å². The van der Waals surface area contributed by atoms with Crippen LogP contribution in [-0.4, -0.2) is 56.9 Å². The second-order valence-electron chi connectivity index (χ2n) is 7.52. The Morgan fingerprint density at radius 1 is 1.20 bits per heavy atom. The molecule has 0 saturated heterocycles. The van der Waals surface area contributed by atoms with E-state index in [9.17, 15) is 22.8 Å². The highest BCUT2D eigenvalue weighted by Gasteiger charge is 2.38. The molecule has 35 heavy (non-hydrogen) atoms. The first-order valence-corrected chi connectivity index (χ1v) is 10.3. The number of hydrogen-bond acceptors (Lipinski definition) is 6. The number of alkyl halides is 3. The molecule has 1 aliphatic heterocycles. The number of aromatic nitrogens is 3. The number of nitrogens with two attached hydrogens (primary N) is 2. The van der Waals surface area contributed by atoms with Crippen LogP contribution in [0, 0.1) is 0 Å². The van der Waals surface area contributed by atoms with E-state index in [1.807, 2.05) is 18.3 Å². The molecule has 4 rings (SSSR count). The smallest absolute Gasteiger partial charge is 0.475 e. The fourth-order valence-corrected chi connectivity index (χ4v) is 3.45. The normalized spacial score (nSPS) is 13.0. The van der Waals surface area contributed by atoms with Crippen molar-refractivity contribution in [1.82, 2.24) is 14.6 Å². The molecule has 0 saturated carbocycles. The lowest BCUT2D eigenvalue weighted by Crippen LogP contribution is -2.39. The maximum atomic E-state index is 12.8. The summed E-state index contributed by atoms with van der Waals surface area (Å²) in [5.74, 6) is -3.08. The second kappa shape index (κ2) is 10.4. The Balaban J connectivity index is 0.000000429. The van der Waals surface area contributed by atoms with Crippen molar-refractivity contribution in [2.75, 3.05) is 23.3 Å². The van der Waals surface area contributed by atoms with Crippen LogP contribution in [0.1, 0.15) is 27.9 Å². The monoisotopic (exact) mass is 493 g/mol. The highest BCUT2D eigenvalue weighted by molar-refractivity contribution is 6.08. The Morgan fingerprint density at radius 3 is 2.54 bits per heavy atom. The molecule has 3 heterocycles. The zero-order valence-corrected chi connectivity index (χ0v) is 18.2. The van der Waals surface area contributed by atoms with Crippen LogP contribution in [0.5, 0.6) is 0 Å². The molecule has 11 nitrogen and oxygen atoms in total. The lowest BCUT2D eigenvalue weighted by atomic mass is 10.0. The number of fused-ring (bicyclic) bond motifs is 2. The summed E-state index contributed by atoms with van der Waals surface area (Å²) in [6, 6.07) is 5.01. The number of aliphatic carboxylic acids is 1. The van der Waals surface area contributed by atoms with E-state index in [4.69, 9.17) is 21.4 Å². The lowest BCUT2D eigenvalue weighted by molar-refractivity contribution is -0.192. The van der Waals surface area contributed by atoms with E-state index in [0.29, 0.717) is 36.4 Å². The molecule has 3 aromatic rings. The number of carboxylic acid groups (broad SMARTS) is 1. The van der Waals surface area contributed by atoms with Crippen molar-refractivity contribution < 1.29 is 32.7 Å². The van der Waals surface area contributed by atoms with E-state index in [0.717, 1.165) is 29.7 Å². The first kappa shape index (κ1) is 25.4. The number of carbonyl (C=O) groups excluding carboxylic acids is 2. The summed E-state index contributed by atoms with van der Waals surface area (Å²) >= 11 is 0. The number of hydrogen-bond donors (Lipinski definition) is 4. The van der Waals surface area contributed by atoms with Gasteiger partial charge in [-0.2, -0.15) is 18.3 Å². The average molecular weight is 493 g/mol. The maximum Gasteiger partial charge on any atom is 0.490 e. The average Bonchev–Trinajstić information content (AvgIpc) is 3.22. The van der Waals surface area contributed by atoms with Gasteiger partial charge in [-0.05, 0) is 49.1 Å². The fraction of sp³-hybridized carbons (Fsp3) is 0.286. The van der Waals surface area contributed by atoms with E-state index in [2.05, 4.69) is 15.4 Å². The van der Waals surface area contributed by atoms with Gasteiger partial charge in [0.2, 0.25) is 0 Å². The van der Waals surface area contributed by atoms with E-state index < -0.39 is 18.2 Å². The number of halogens is 3. The quantitative estimate of drug-likeness (QED) is 0.430. The zero-order valence-electron chi connectivity index (χ0n) is 18.2. The minimum atomic E-state index is -5.08. The van der Waals surface area contributed by atoms with Gasteiger partial charge in [-0.25, -0.2) is 19.1 Å². The van der Waals surface area contributed by atoms with Crippen molar-refractivity contribution in [2.45, 2.75) is 25.4 Å². The Kier molecular flexibility index (Phi) is 7.54. The minimum Gasteiger partial charge on any atom is -0.475 e. The van der Waals surface area contributed by atoms with Gasteiger partial charge >= 0.3 is 18.2 Å². The summed E-state index contributed by atoms with van der Waals surface area (Å²) < 4.78 is 33.3. The van der Waals surface area contributed by atoms with Gasteiger partial charge in [0.05, 0.1) is 11.9 Å². The topological polar surface area (TPSA) is 169 Å². The molecule has 0 spiro atoms. The molecule has 186 valence electrons. The van der Waals surface area contributed by atoms with Crippen LogP contribution < -0.4 is 21.7 Å². The van der Waals surface area contributed by atoms with E-state index in [1.165, 1.54) is 11.1 Å². The number of benzene rings is 1. The summed E-state index contributed by atoms with van der Waals surface area (Å²) in [5, 5.41) is 14.2. The van der Waals surface area contributed by atoms with Crippen molar-refractivity contribution in [3.05, 3.63) is 53.5 Å². The van der Waals surface area contributed by atoms with Crippen LogP contribution in [0.3, 0.4) is 0 Å². The molecule has 14 heteroatoms. The first-order chi connectivity index (χ1) is 16.5. The van der Waals surface area contributed by atoms with Gasteiger partial charge in [0.15, 0.2) is 5.65 Å².